The van der Waals surface area contributed by atoms with Crippen LogP contribution in [0.5, 0.6) is 0 Å². The largest absolute Gasteiger partial charge is 0.480 e. The molecule has 6 heteroatoms. The third kappa shape index (κ3) is 2.31. The molecule has 1 aliphatic carbocycles. The lowest BCUT2D eigenvalue weighted by Crippen LogP contribution is -2.27. The van der Waals surface area contributed by atoms with Crippen molar-refractivity contribution in [1.29, 1.82) is 0 Å². The van der Waals surface area contributed by atoms with E-state index in [0.717, 1.165) is 21.8 Å². The molecule has 0 bridgehead atoms. The molecule has 0 saturated carbocycles. The van der Waals surface area contributed by atoms with Gasteiger partial charge in [0.05, 0.1) is 17.1 Å². The number of esters is 1. The van der Waals surface area contributed by atoms with E-state index in [4.69, 9.17) is 4.74 Å². The highest BCUT2D eigenvalue weighted by Gasteiger charge is 2.36. The third-order valence-corrected chi connectivity index (χ3v) is 4.33. The van der Waals surface area contributed by atoms with Crippen molar-refractivity contribution in [3.8, 4) is 0 Å². The van der Waals surface area contributed by atoms with Crippen LogP contribution in [0, 0.1) is 12.3 Å². The molecule has 1 N–H and O–H groups in total. The minimum absolute atomic E-state index is 0.143. The summed E-state index contributed by atoms with van der Waals surface area (Å²) in [6.45, 7) is 3.46. The molecular weight excluding hydrogens is 290 g/mol. The van der Waals surface area contributed by atoms with Gasteiger partial charge in [0.1, 0.15) is 11.2 Å². The van der Waals surface area contributed by atoms with E-state index in [1.165, 1.54) is 17.4 Å². The number of hydrogen-bond donors (Lipinski definition) is 1. The van der Waals surface area contributed by atoms with Gasteiger partial charge in [-0.25, -0.2) is 4.98 Å². The van der Waals surface area contributed by atoms with Gasteiger partial charge >= 0.3 is 11.9 Å². The second-order valence-corrected chi connectivity index (χ2v) is 6.29. The Kier molecular flexibility index (Phi) is 3.06. The van der Waals surface area contributed by atoms with Crippen LogP contribution >= 0.6 is 11.3 Å². The Hall–Kier alpha value is -2.21. The average Bonchev–Trinajstić information content (AvgIpc) is 2.83. The molecule has 0 aromatic carbocycles. The third-order valence-electron chi connectivity index (χ3n) is 3.55. The standard InChI is InChI=1S/C15H13NO4S/c1-8-16-11(7-21-8)10-5-13(17)20-12-6-15(2,14(18)19)4-3-9(10)12/h3-4,6-7H,5H2,1-2H3,(H,18,19). The Morgan fingerprint density at radius 3 is 2.90 bits per heavy atom. The van der Waals surface area contributed by atoms with Crippen molar-refractivity contribution >= 4 is 28.8 Å². The van der Waals surface area contributed by atoms with Crippen LogP contribution in [0.15, 0.2) is 34.9 Å². The number of carbonyl (C=O) groups is 2. The molecule has 0 fully saturated rings. The maximum absolute atomic E-state index is 11.8. The highest BCUT2D eigenvalue weighted by Crippen LogP contribution is 2.40. The number of ether oxygens (including phenoxy) is 1. The van der Waals surface area contributed by atoms with Crippen molar-refractivity contribution in [1.82, 2.24) is 4.98 Å². The van der Waals surface area contributed by atoms with Crippen LogP contribution < -0.4 is 0 Å². The van der Waals surface area contributed by atoms with Crippen molar-refractivity contribution in [2.75, 3.05) is 0 Å². The number of allylic oxidation sites excluding steroid dienone is 1. The molecule has 1 unspecified atom stereocenters. The lowest BCUT2D eigenvalue weighted by molar-refractivity contribution is -0.144. The lowest BCUT2D eigenvalue weighted by Gasteiger charge is -2.27. The fourth-order valence-electron chi connectivity index (χ4n) is 2.33. The first kappa shape index (κ1) is 13.8. The van der Waals surface area contributed by atoms with Crippen LogP contribution in [0.3, 0.4) is 0 Å². The van der Waals surface area contributed by atoms with Crippen molar-refractivity contribution in [2.45, 2.75) is 20.3 Å². The maximum Gasteiger partial charge on any atom is 0.317 e. The van der Waals surface area contributed by atoms with Gasteiger partial charge in [0.2, 0.25) is 0 Å². The number of carboxylic acid groups (broad SMARTS) is 1. The topological polar surface area (TPSA) is 76.5 Å². The van der Waals surface area contributed by atoms with Gasteiger partial charge in [-0.3, -0.25) is 9.59 Å². The van der Waals surface area contributed by atoms with Gasteiger partial charge in [-0.1, -0.05) is 12.2 Å². The van der Waals surface area contributed by atoms with Crippen LogP contribution in [0.25, 0.3) is 5.57 Å². The van der Waals surface area contributed by atoms with Crippen molar-refractivity contribution in [3.63, 3.8) is 0 Å². The SMILES string of the molecule is Cc1nc(C2=C3C=CC(C)(C(=O)O)C=C3OC(=O)C2)cs1. The quantitative estimate of drug-likeness (QED) is 0.850. The number of thiazole rings is 1. The molecule has 1 aromatic heterocycles. The highest BCUT2D eigenvalue weighted by molar-refractivity contribution is 7.09. The number of carbonyl (C=O) groups excluding carboxylic acids is 1. The zero-order chi connectivity index (χ0) is 15.2. The lowest BCUT2D eigenvalue weighted by atomic mass is 9.82. The monoisotopic (exact) mass is 303 g/mol. The summed E-state index contributed by atoms with van der Waals surface area (Å²) in [6.07, 6.45) is 4.93. The van der Waals surface area contributed by atoms with Gasteiger partial charge in [0.15, 0.2) is 0 Å². The minimum atomic E-state index is -1.17. The molecule has 1 aromatic rings. The van der Waals surface area contributed by atoms with E-state index in [-0.39, 0.29) is 6.42 Å². The number of rotatable bonds is 2. The Balaban J connectivity index is 2.14. The molecule has 1 aliphatic heterocycles. The molecule has 0 saturated heterocycles. The van der Waals surface area contributed by atoms with Crippen LogP contribution in [0.2, 0.25) is 0 Å². The van der Waals surface area contributed by atoms with E-state index in [1.807, 2.05) is 12.3 Å². The molecule has 1 atom stereocenters. The van der Waals surface area contributed by atoms with Crippen molar-refractivity contribution < 1.29 is 19.4 Å². The Morgan fingerprint density at radius 1 is 1.52 bits per heavy atom. The van der Waals surface area contributed by atoms with E-state index in [1.54, 1.807) is 19.1 Å². The van der Waals surface area contributed by atoms with E-state index in [9.17, 15) is 14.7 Å². The maximum atomic E-state index is 11.8. The first-order valence-corrected chi connectivity index (χ1v) is 7.29. The first-order chi connectivity index (χ1) is 9.89. The summed E-state index contributed by atoms with van der Waals surface area (Å²) in [6, 6.07) is 0. The van der Waals surface area contributed by atoms with Crippen molar-refractivity contribution in [2.24, 2.45) is 5.41 Å². The number of hydrogen-bond acceptors (Lipinski definition) is 5. The summed E-state index contributed by atoms with van der Waals surface area (Å²) in [7, 11) is 0. The van der Waals surface area contributed by atoms with Gasteiger partial charge in [-0.05, 0) is 19.9 Å². The molecule has 0 spiro atoms. The smallest absolute Gasteiger partial charge is 0.317 e. The Bertz CT molecular complexity index is 741. The summed E-state index contributed by atoms with van der Waals surface area (Å²) in [5.74, 6) is -1.08. The molecule has 108 valence electrons. The van der Waals surface area contributed by atoms with Gasteiger partial charge in [0.25, 0.3) is 0 Å². The van der Waals surface area contributed by atoms with Crippen LogP contribution in [0.4, 0.5) is 0 Å². The second-order valence-electron chi connectivity index (χ2n) is 5.22. The number of nitrogens with zero attached hydrogens (tertiary/aromatic N) is 1. The molecule has 21 heavy (non-hydrogen) atoms. The zero-order valence-electron chi connectivity index (χ0n) is 11.5. The number of aromatic nitrogens is 1. The summed E-state index contributed by atoms with van der Waals surface area (Å²) < 4.78 is 5.22. The Labute approximate surface area is 125 Å². The number of aryl methyl sites for hydroxylation is 1. The Morgan fingerprint density at radius 2 is 2.29 bits per heavy atom. The highest BCUT2D eigenvalue weighted by atomic mass is 32.1. The molecule has 2 heterocycles. The fraction of sp³-hybridized carbons (Fsp3) is 0.267. The predicted molar refractivity (Wildman–Crippen MR) is 77.4 cm³/mol. The summed E-state index contributed by atoms with van der Waals surface area (Å²) in [5.41, 5.74) is 1.10. The molecule has 0 radical (unpaired) electrons. The second kappa shape index (κ2) is 4.66. The molecule has 3 rings (SSSR count). The van der Waals surface area contributed by atoms with Gasteiger partial charge in [-0.2, -0.15) is 0 Å². The minimum Gasteiger partial charge on any atom is -0.480 e. The number of fused-ring (bicyclic) bond motifs is 1. The zero-order valence-corrected chi connectivity index (χ0v) is 12.4. The van der Waals surface area contributed by atoms with E-state index >= 15 is 0 Å². The van der Waals surface area contributed by atoms with Crippen LogP contribution in [-0.2, 0) is 14.3 Å². The predicted octanol–water partition coefficient (Wildman–Crippen LogP) is 2.70. The van der Waals surface area contributed by atoms with Gasteiger partial charge in [0, 0.05) is 16.5 Å². The summed E-state index contributed by atoms with van der Waals surface area (Å²) >= 11 is 1.51. The van der Waals surface area contributed by atoms with Gasteiger partial charge in [-0.15, -0.1) is 11.3 Å². The van der Waals surface area contributed by atoms with E-state index in [0.29, 0.717) is 5.76 Å². The fourth-order valence-corrected chi connectivity index (χ4v) is 2.96. The first-order valence-electron chi connectivity index (χ1n) is 6.41. The van der Waals surface area contributed by atoms with Crippen LogP contribution in [0.1, 0.15) is 24.0 Å². The average molecular weight is 303 g/mol. The normalized spacial score (nSPS) is 24.5. The van der Waals surface area contributed by atoms with Crippen LogP contribution in [-0.4, -0.2) is 22.0 Å². The van der Waals surface area contributed by atoms with Gasteiger partial charge < -0.3 is 9.84 Å². The number of aliphatic carboxylic acids is 1. The molecule has 5 nitrogen and oxygen atoms in total. The summed E-state index contributed by atoms with van der Waals surface area (Å²) in [4.78, 5) is 27.5. The van der Waals surface area contributed by atoms with E-state index < -0.39 is 17.4 Å². The molecular formula is C15H13NO4S. The number of carboxylic acids is 1. The molecule has 2 aliphatic rings. The molecule has 0 amide bonds. The summed E-state index contributed by atoms with van der Waals surface area (Å²) in [5, 5.41) is 12.1. The van der Waals surface area contributed by atoms with Crippen molar-refractivity contribution in [3.05, 3.63) is 45.6 Å². The van der Waals surface area contributed by atoms with E-state index in [2.05, 4.69) is 4.98 Å².